The van der Waals surface area contributed by atoms with Gasteiger partial charge >= 0.3 is 0 Å². The van der Waals surface area contributed by atoms with Gasteiger partial charge in [0.15, 0.2) is 23.0 Å². The van der Waals surface area contributed by atoms with Crippen LogP contribution in [-0.4, -0.2) is 38.3 Å². The molecule has 41 heavy (non-hydrogen) atoms. The molecule has 0 atom stereocenters. The van der Waals surface area contributed by atoms with E-state index in [1.807, 2.05) is 20.8 Å². The predicted molar refractivity (Wildman–Crippen MR) is 167 cm³/mol. The molecule has 1 aliphatic rings. The molecule has 0 radical (unpaired) electrons. The maximum Gasteiger partial charge on any atom is 0.198 e. The average Bonchev–Trinajstić information content (AvgIpc) is 3.67. The highest BCUT2D eigenvalue weighted by molar-refractivity contribution is 6.36. The Morgan fingerprint density at radius 3 is 2.29 bits per heavy atom. The van der Waals surface area contributed by atoms with E-state index in [1.165, 1.54) is 36.5 Å². The number of rotatable bonds is 10. The first-order valence-electron chi connectivity index (χ1n) is 14.0. The van der Waals surface area contributed by atoms with Gasteiger partial charge in [-0.15, -0.1) is 5.10 Å². The molecule has 4 rings (SSSR count). The van der Waals surface area contributed by atoms with Crippen molar-refractivity contribution in [3.8, 4) is 5.75 Å². The average molecular weight is 600 g/mol. The van der Waals surface area contributed by atoms with Crippen LogP contribution in [0, 0.1) is 0 Å². The molecule has 7 nitrogen and oxygen atoms in total. The van der Waals surface area contributed by atoms with Crippen LogP contribution in [0.1, 0.15) is 89.1 Å². The maximum absolute atomic E-state index is 13.0. The first-order chi connectivity index (χ1) is 19.7. The molecule has 1 aliphatic carbocycles. The number of aromatic nitrogens is 4. The molecule has 0 amide bonds. The molecule has 0 aliphatic heterocycles. The quantitative estimate of drug-likeness (QED) is 0.172. The van der Waals surface area contributed by atoms with Crippen LogP contribution in [0.2, 0.25) is 10.0 Å². The number of pyridine rings is 2. The van der Waals surface area contributed by atoms with Crippen molar-refractivity contribution in [1.29, 1.82) is 0 Å². The second-order valence-corrected chi connectivity index (χ2v) is 10.0. The summed E-state index contributed by atoms with van der Waals surface area (Å²) in [6.07, 6.45) is 17.2. The van der Waals surface area contributed by atoms with Gasteiger partial charge in [0.25, 0.3) is 0 Å². The Kier molecular flexibility index (Phi) is 13.4. The molecule has 9 heteroatoms. The van der Waals surface area contributed by atoms with Crippen molar-refractivity contribution in [2.75, 3.05) is 7.11 Å². The number of ketones is 2. The van der Waals surface area contributed by atoms with E-state index in [4.69, 9.17) is 27.9 Å². The Hall–Kier alpha value is -3.29. The summed E-state index contributed by atoms with van der Waals surface area (Å²) in [5, 5.41) is 5.13. The van der Waals surface area contributed by atoms with E-state index in [0.717, 1.165) is 12.8 Å². The lowest BCUT2D eigenvalue weighted by atomic mass is 10.0. The third-order valence-electron chi connectivity index (χ3n) is 6.57. The van der Waals surface area contributed by atoms with Crippen molar-refractivity contribution in [2.24, 2.45) is 0 Å². The molecule has 0 unspecified atom stereocenters. The van der Waals surface area contributed by atoms with E-state index in [0.29, 0.717) is 51.4 Å². The summed E-state index contributed by atoms with van der Waals surface area (Å²) in [4.78, 5) is 33.5. The fourth-order valence-electron chi connectivity index (χ4n) is 4.06. The molecule has 220 valence electrons. The minimum atomic E-state index is -0.658. The van der Waals surface area contributed by atoms with Gasteiger partial charge in [-0.3, -0.25) is 14.6 Å². The summed E-state index contributed by atoms with van der Waals surface area (Å²) in [5.41, 5.74) is 1.92. The lowest BCUT2D eigenvalue weighted by Gasteiger charge is -2.08. The minimum absolute atomic E-state index is 0.0191. The number of carbonyl (C=O) groups is 2. The van der Waals surface area contributed by atoms with Crippen LogP contribution in [0.25, 0.3) is 5.65 Å². The highest BCUT2D eigenvalue weighted by Crippen LogP contribution is 2.47. The van der Waals surface area contributed by atoms with Crippen LogP contribution in [0.15, 0.2) is 60.5 Å². The zero-order valence-corrected chi connectivity index (χ0v) is 26.5. The molecule has 0 spiro atoms. The van der Waals surface area contributed by atoms with Gasteiger partial charge in [-0.05, 0) is 57.2 Å². The smallest absolute Gasteiger partial charge is 0.198 e. The van der Waals surface area contributed by atoms with Crippen molar-refractivity contribution in [3.05, 3.63) is 87.6 Å². The van der Waals surface area contributed by atoms with E-state index < -0.39 is 5.41 Å². The topological polar surface area (TPSA) is 86.5 Å². The summed E-state index contributed by atoms with van der Waals surface area (Å²) >= 11 is 12.3. The molecule has 0 N–H and O–H groups in total. The number of ether oxygens (including phenoxy) is 1. The largest absolute Gasteiger partial charge is 0.493 e. The van der Waals surface area contributed by atoms with Crippen LogP contribution in [0.3, 0.4) is 0 Å². The highest BCUT2D eigenvalue weighted by atomic mass is 35.5. The fourth-order valence-corrected chi connectivity index (χ4v) is 4.56. The number of hydrogen-bond donors (Lipinski definition) is 0. The molecule has 1 fully saturated rings. The van der Waals surface area contributed by atoms with Crippen molar-refractivity contribution >= 4 is 40.4 Å². The molecular weight excluding hydrogens is 559 g/mol. The third-order valence-corrected chi connectivity index (χ3v) is 7.22. The Morgan fingerprint density at radius 2 is 1.78 bits per heavy atom. The maximum atomic E-state index is 13.0. The van der Waals surface area contributed by atoms with E-state index in [9.17, 15) is 9.59 Å². The van der Waals surface area contributed by atoms with Gasteiger partial charge in [0.1, 0.15) is 11.5 Å². The zero-order chi connectivity index (χ0) is 30.6. The van der Waals surface area contributed by atoms with Crippen molar-refractivity contribution < 1.29 is 14.3 Å². The van der Waals surface area contributed by atoms with Gasteiger partial charge in [0.05, 0.1) is 22.6 Å². The molecule has 1 saturated carbocycles. The van der Waals surface area contributed by atoms with Crippen molar-refractivity contribution in [1.82, 2.24) is 19.6 Å². The number of hydrogen-bond acceptors (Lipinski definition) is 6. The third kappa shape index (κ3) is 8.37. The second kappa shape index (κ2) is 16.2. The first-order valence-corrected chi connectivity index (χ1v) is 14.7. The molecule has 3 heterocycles. The SMILES string of the molecule is CC.COc1ccc(C(=O)Cc2c(Cl)cncc2Cl)n2nc(C3(C(C)=O)CC3)nc12.C\C=C/C(=C\C=C\CC)CC. The lowest BCUT2D eigenvalue weighted by Crippen LogP contribution is -2.19. The van der Waals surface area contributed by atoms with Gasteiger partial charge in [0, 0.05) is 24.4 Å². The monoisotopic (exact) mass is 598 g/mol. The summed E-state index contributed by atoms with van der Waals surface area (Å²) in [6.45, 7) is 11.9. The van der Waals surface area contributed by atoms with E-state index in [2.05, 4.69) is 59.3 Å². The fraction of sp³-hybridized carbons (Fsp3) is 0.406. The molecule has 0 saturated heterocycles. The summed E-state index contributed by atoms with van der Waals surface area (Å²) in [5.74, 6) is 0.658. The second-order valence-electron chi connectivity index (χ2n) is 9.21. The standard InChI is InChI=1S/C19H16Cl2N4O3.C11H18.C2H6/c1-10(26)19(5-6-19)18-23-17-16(28-2)4-3-14(25(17)24-18)15(27)7-11-12(20)8-22-9-13(11)21;1-4-7-8-10-11(6-3)9-5-2;1-2/h3-4,8-9H,5-7H2,1-2H3;5,7-10H,4,6H2,1-3H3;1-2H3/b;8-7+,9-5-,11-10-;. The van der Waals surface area contributed by atoms with Crippen LogP contribution < -0.4 is 4.74 Å². The first kappa shape index (κ1) is 33.9. The van der Waals surface area contributed by atoms with E-state index >= 15 is 0 Å². The zero-order valence-electron chi connectivity index (χ0n) is 25.0. The highest BCUT2D eigenvalue weighted by Gasteiger charge is 2.52. The van der Waals surface area contributed by atoms with Crippen molar-refractivity contribution in [2.45, 2.75) is 79.1 Å². The van der Waals surface area contributed by atoms with Crippen LogP contribution >= 0.6 is 23.2 Å². The van der Waals surface area contributed by atoms with Gasteiger partial charge < -0.3 is 4.74 Å². The van der Waals surface area contributed by atoms with E-state index in [-0.39, 0.29) is 18.0 Å². The Labute approximate surface area is 253 Å². The van der Waals surface area contributed by atoms with Crippen LogP contribution in [0.4, 0.5) is 0 Å². The van der Waals surface area contributed by atoms with Gasteiger partial charge in [-0.2, -0.15) is 0 Å². The number of methoxy groups -OCH3 is 1. The lowest BCUT2D eigenvalue weighted by molar-refractivity contribution is -0.119. The molecule has 0 bridgehead atoms. The minimum Gasteiger partial charge on any atom is -0.493 e. The number of fused-ring (bicyclic) bond motifs is 1. The Morgan fingerprint density at radius 1 is 1.12 bits per heavy atom. The Balaban J connectivity index is 0.000000384. The number of nitrogens with zero attached hydrogens (tertiary/aromatic N) is 4. The summed E-state index contributed by atoms with van der Waals surface area (Å²) in [7, 11) is 1.51. The van der Waals surface area contributed by atoms with Gasteiger partial charge in [0.2, 0.25) is 0 Å². The predicted octanol–water partition coefficient (Wildman–Crippen LogP) is 8.38. The van der Waals surface area contributed by atoms with Gasteiger partial charge in [-0.25, -0.2) is 9.50 Å². The van der Waals surface area contributed by atoms with Crippen LogP contribution in [0.5, 0.6) is 5.75 Å². The van der Waals surface area contributed by atoms with Crippen LogP contribution in [-0.2, 0) is 16.6 Å². The van der Waals surface area contributed by atoms with Gasteiger partial charge in [-0.1, -0.05) is 81.3 Å². The number of Topliss-reactive ketones (excluding diaryl/α,β-unsaturated/α-hetero) is 2. The normalized spacial score (nSPS) is 13.9. The summed E-state index contributed by atoms with van der Waals surface area (Å²) < 4.78 is 6.79. The number of carbonyl (C=O) groups excluding carboxylic acids is 2. The molecular formula is C32H40Cl2N4O3. The molecule has 3 aromatic heterocycles. The Bertz CT molecular complexity index is 1420. The summed E-state index contributed by atoms with van der Waals surface area (Å²) in [6, 6.07) is 3.27. The molecule has 0 aromatic carbocycles. The van der Waals surface area contributed by atoms with E-state index in [1.54, 1.807) is 12.1 Å². The van der Waals surface area contributed by atoms with Crippen molar-refractivity contribution in [3.63, 3.8) is 0 Å². The number of halogens is 2. The molecule has 3 aromatic rings. The number of allylic oxidation sites excluding steroid dienone is 6.